The molecule has 3 aromatic rings. The zero-order valence-electron chi connectivity index (χ0n) is 14.0. The van der Waals surface area contributed by atoms with E-state index in [1.165, 1.54) is 16.8 Å². The van der Waals surface area contributed by atoms with E-state index in [4.69, 9.17) is 5.11 Å². The highest BCUT2D eigenvalue weighted by Gasteiger charge is 2.13. The van der Waals surface area contributed by atoms with Gasteiger partial charge in [0, 0.05) is 16.9 Å². The summed E-state index contributed by atoms with van der Waals surface area (Å²) in [6.45, 7) is 3.56. The predicted octanol–water partition coefficient (Wildman–Crippen LogP) is 3.37. The number of halogens is 1. The molecule has 2 N–H and O–H groups in total. The summed E-state index contributed by atoms with van der Waals surface area (Å²) in [6.07, 6.45) is 0. The van der Waals surface area contributed by atoms with Crippen molar-refractivity contribution >= 4 is 11.6 Å². The molecule has 0 spiro atoms. The van der Waals surface area contributed by atoms with Crippen molar-refractivity contribution < 1.29 is 14.3 Å². The smallest absolute Gasteiger partial charge is 0.255 e. The molecule has 0 bridgehead atoms. The van der Waals surface area contributed by atoms with Gasteiger partial charge in [-0.15, -0.1) is 0 Å². The molecule has 0 unspecified atom stereocenters. The second-order valence-corrected chi connectivity index (χ2v) is 5.82. The fraction of sp³-hybridized carbons (Fsp3) is 0.158. The van der Waals surface area contributed by atoms with Gasteiger partial charge in [-0.1, -0.05) is 12.1 Å². The molecule has 128 valence electrons. The SMILES string of the molecule is Cc1cc(C)n(-c2ccc(C(=O)Nc3cccc(CO)c3)cc2F)n1. The highest BCUT2D eigenvalue weighted by molar-refractivity contribution is 6.04. The van der Waals surface area contributed by atoms with Crippen LogP contribution in [0.25, 0.3) is 5.69 Å². The highest BCUT2D eigenvalue weighted by Crippen LogP contribution is 2.19. The molecule has 6 heteroatoms. The maximum atomic E-state index is 14.5. The molecule has 1 amide bonds. The van der Waals surface area contributed by atoms with Crippen molar-refractivity contribution in [3.8, 4) is 5.69 Å². The Balaban J connectivity index is 1.84. The van der Waals surface area contributed by atoms with Gasteiger partial charge in [-0.3, -0.25) is 4.79 Å². The molecule has 0 saturated heterocycles. The first-order valence-corrected chi connectivity index (χ1v) is 7.82. The Bertz CT molecular complexity index is 934. The van der Waals surface area contributed by atoms with E-state index in [2.05, 4.69) is 10.4 Å². The molecule has 0 fully saturated rings. The van der Waals surface area contributed by atoms with Crippen LogP contribution in [0.3, 0.4) is 0 Å². The number of nitrogens with one attached hydrogen (secondary N) is 1. The zero-order chi connectivity index (χ0) is 18.0. The van der Waals surface area contributed by atoms with Crippen molar-refractivity contribution in [3.63, 3.8) is 0 Å². The Morgan fingerprint density at radius 3 is 2.64 bits per heavy atom. The number of nitrogens with zero attached hydrogens (tertiary/aromatic N) is 2. The van der Waals surface area contributed by atoms with Crippen LogP contribution in [-0.4, -0.2) is 20.8 Å². The second kappa shape index (κ2) is 6.86. The Kier molecular flexibility index (Phi) is 4.63. The van der Waals surface area contributed by atoms with E-state index < -0.39 is 11.7 Å². The van der Waals surface area contributed by atoms with Crippen LogP contribution in [0.1, 0.15) is 27.3 Å². The second-order valence-electron chi connectivity index (χ2n) is 5.82. The van der Waals surface area contributed by atoms with Crippen molar-refractivity contribution in [3.05, 3.63) is 76.9 Å². The summed E-state index contributed by atoms with van der Waals surface area (Å²) >= 11 is 0. The van der Waals surface area contributed by atoms with Gasteiger partial charge in [-0.2, -0.15) is 5.10 Å². The summed E-state index contributed by atoms with van der Waals surface area (Å²) in [7, 11) is 0. The van der Waals surface area contributed by atoms with Gasteiger partial charge in [0.1, 0.15) is 11.5 Å². The molecule has 1 heterocycles. The maximum absolute atomic E-state index is 14.5. The lowest BCUT2D eigenvalue weighted by molar-refractivity contribution is 0.102. The number of hydrogen-bond donors (Lipinski definition) is 2. The number of anilines is 1. The van der Waals surface area contributed by atoms with E-state index in [0.29, 0.717) is 16.9 Å². The average molecular weight is 339 g/mol. The van der Waals surface area contributed by atoms with Crippen LogP contribution in [-0.2, 0) is 6.61 Å². The summed E-state index contributed by atoms with van der Waals surface area (Å²) in [6, 6.07) is 13.0. The molecule has 0 radical (unpaired) electrons. The van der Waals surface area contributed by atoms with Crippen molar-refractivity contribution in [2.75, 3.05) is 5.32 Å². The summed E-state index contributed by atoms with van der Waals surface area (Å²) in [4.78, 5) is 12.3. The molecule has 0 aliphatic heterocycles. The van der Waals surface area contributed by atoms with Gasteiger partial charge in [-0.25, -0.2) is 9.07 Å². The monoisotopic (exact) mass is 339 g/mol. The van der Waals surface area contributed by atoms with E-state index in [1.54, 1.807) is 30.3 Å². The largest absolute Gasteiger partial charge is 0.392 e. The third-order valence-corrected chi connectivity index (χ3v) is 3.82. The maximum Gasteiger partial charge on any atom is 0.255 e. The number of rotatable bonds is 4. The summed E-state index contributed by atoms with van der Waals surface area (Å²) < 4.78 is 16.0. The topological polar surface area (TPSA) is 67.2 Å². The quantitative estimate of drug-likeness (QED) is 0.766. The Labute approximate surface area is 144 Å². The number of aliphatic hydroxyl groups is 1. The van der Waals surface area contributed by atoms with Gasteiger partial charge in [0.05, 0.1) is 12.3 Å². The fourth-order valence-corrected chi connectivity index (χ4v) is 2.64. The van der Waals surface area contributed by atoms with Crippen LogP contribution in [0.15, 0.2) is 48.5 Å². The third kappa shape index (κ3) is 3.59. The molecule has 0 aliphatic rings. The van der Waals surface area contributed by atoms with Gasteiger partial charge in [0.15, 0.2) is 0 Å². The first kappa shape index (κ1) is 16.9. The molecule has 0 atom stereocenters. The number of aryl methyl sites for hydroxylation is 2. The molecule has 2 aromatic carbocycles. The summed E-state index contributed by atoms with van der Waals surface area (Å²) in [5.41, 5.74) is 3.34. The lowest BCUT2D eigenvalue weighted by atomic mass is 10.1. The Morgan fingerprint density at radius 2 is 2.00 bits per heavy atom. The first-order valence-electron chi connectivity index (χ1n) is 7.82. The summed E-state index contributed by atoms with van der Waals surface area (Å²) in [5, 5.41) is 16.1. The van der Waals surface area contributed by atoms with Gasteiger partial charge in [0.25, 0.3) is 5.91 Å². The Morgan fingerprint density at radius 1 is 1.20 bits per heavy atom. The first-order chi connectivity index (χ1) is 12.0. The number of aliphatic hydroxyl groups excluding tert-OH is 1. The molecular formula is C19H18FN3O2. The number of aromatic nitrogens is 2. The minimum atomic E-state index is -0.525. The van der Waals surface area contributed by atoms with Gasteiger partial charge in [0.2, 0.25) is 0 Å². The fourth-order valence-electron chi connectivity index (χ4n) is 2.64. The molecule has 1 aromatic heterocycles. The van der Waals surface area contributed by atoms with Crippen LogP contribution in [0.4, 0.5) is 10.1 Å². The van der Waals surface area contributed by atoms with Crippen LogP contribution in [0, 0.1) is 19.7 Å². The van der Waals surface area contributed by atoms with Gasteiger partial charge >= 0.3 is 0 Å². The van der Waals surface area contributed by atoms with Gasteiger partial charge in [-0.05, 0) is 55.8 Å². The average Bonchev–Trinajstić information content (AvgIpc) is 2.93. The number of hydrogen-bond acceptors (Lipinski definition) is 3. The number of carbonyl (C=O) groups is 1. The van der Waals surface area contributed by atoms with Crippen LogP contribution < -0.4 is 5.32 Å². The molecular weight excluding hydrogens is 321 g/mol. The van der Waals surface area contributed by atoms with Crippen molar-refractivity contribution in [2.45, 2.75) is 20.5 Å². The van der Waals surface area contributed by atoms with Crippen molar-refractivity contribution in [1.29, 1.82) is 0 Å². The molecule has 3 rings (SSSR count). The third-order valence-electron chi connectivity index (χ3n) is 3.82. The number of carbonyl (C=O) groups excluding carboxylic acids is 1. The number of benzene rings is 2. The predicted molar refractivity (Wildman–Crippen MR) is 93.3 cm³/mol. The molecule has 0 aliphatic carbocycles. The summed E-state index contributed by atoms with van der Waals surface area (Å²) in [5.74, 6) is -0.947. The van der Waals surface area contributed by atoms with E-state index in [9.17, 15) is 9.18 Å². The number of amides is 1. The Hall–Kier alpha value is -2.99. The van der Waals surface area contributed by atoms with E-state index in [0.717, 1.165) is 11.4 Å². The normalized spacial score (nSPS) is 10.7. The minimum Gasteiger partial charge on any atom is -0.392 e. The van der Waals surface area contributed by atoms with Crippen molar-refractivity contribution in [1.82, 2.24) is 9.78 Å². The molecule has 25 heavy (non-hydrogen) atoms. The van der Waals surface area contributed by atoms with Gasteiger partial charge < -0.3 is 10.4 Å². The van der Waals surface area contributed by atoms with E-state index in [1.807, 2.05) is 19.9 Å². The van der Waals surface area contributed by atoms with Crippen LogP contribution in [0.2, 0.25) is 0 Å². The van der Waals surface area contributed by atoms with E-state index in [-0.39, 0.29) is 12.2 Å². The molecule has 0 saturated carbocycles. The standard InChI is InChI=1S/C19H18FN3O2/c1-12-8-13(2)23(22-12)18-7-6-15(10-17(18)20)19(25)21-16-5-3-4-14(9-16)11-24/h3-10,24H,11H2,1-2H3,(H,21,25). The van der Waals surface area contributed by atoms with Crippen molar-refractivity contribution in [2.24, 2.45) is 0 Å². The van der Waals surface area contributed by atoms with Crippen LogP contribution in [0.5, 0.6) is 0 Å². The molecule has 5 nitrogen and oxygen atoms in total. The minimum absolute atomic E-state index is 0.115. The lowest BCUT2D eigenvalue weighted by Crippen LogP contribution is -2.13. The lowest BCUT2D eigenvalue weighted by Gasteiger charge is -2.09. The van der Waals surface area contributed by atoms with E-state index >= 15 is 0 Å². The van der Waals surface area contributed by atoms with Crippen LogP contribution >= 0.6 is 0 Å². The zero-order valence-corrected chi connectivity index (χ0v) is 14.0. The highest BCUT2D eigenvalue weighted by atomic mass is 19.1.